The molecule has 0 aliphatic rings. The van der Waals surface area contributed by atoms with Gasteiger partial charge in [-0.3, -0.25) is 0 Å². The molecule has 0 saturated heterocycles. The minimum Gasteiger partial charge on any atom is -0.478 e. The van der Waals surface area contributed by atoms with E-state index in [1.165, 1.54) is 12.1 Å². The van der Waals surface area contributed by atoms with Gasteiger partial charge in [-0.1, -0.05) is 26.0 Å². The van der Waals surface area contributed by atoms with Crippen molar-refractivity contribution >= 4 is 12.0 Å². The van der Waals surface area contributed by atoms with E-state index in [-0.39, 0.29) is 11.6 Å². The number of hydrogen-bond donors (Lipinski definition) is 3. The normalized spacial score (nSPS) is 10.3. The number of urea groups is 1. The fourth-order valence-corrected chi connectivity index (χ4v) is 1.72. The third kappa shape index (κ3) is 6.22. The Hall–Kier alpha value is -2.04. The van der Waals surface area contributed by atoms with Crippen molar-refractivity contribution in [2.45, 2.75) is 33.2 Å². The summed E-state index contributed by atoms with van der Waals surface area (Å²) in [6.45, 7) is 5.36. The van der Waals surface area contributed by atoms with Crippen molar-refractivity contribution < 1.29 is 14.7 Å². The molecule has 20 heavy (non-hydrogen) atoms. The zero-order valence-electron chi connectivity index (χ0n) is 12.0. The molecule has 110 valence electrons. The SMILES string of the molecule is CC(C)CCCNC(=O)NCc1ccc(C(=O)O)cc1. The van der Waals surface area contributed by atoms with Gasteiger partial charge >= 0.3 is 12.0 Å². The number of rotatable bonds is 7. The van der Waals surface area contributed by atoms with Crippen LogP contribution in [0, 0.1) is 5.92 Å². The second-order valence-corrected chi connectivity index (χ2v) is 5.15. The molecule has 0 atom stereocenters. The molecule has 0 unspecified atom stereocenters. The number of carbonyl (C=O) groups excluding carboxylic acids is 1. The first-order valence-electron chi connectivity index (χ1n) is 6.83. The molecule has 0 aromatic heterocycles. The van der Waals surface area contributed by atoms with E-state index >= 15 is 0 Å². The van der Waals surface area contributed by atoms with E-state index in [1.807, 2.05) is 0 Å². The Labute approximate surface area is 119 Å². The van der Waals surface area contributed by atoms with Crippen LogP contribution >= 0.6 is 0 Å². The molecule has 0 aliphatic heterocycles. The van der Waals surface area contributed by atoms with Gasteiger partial charge < -0.3 is 15.7 Å². The van der Waals surface area contributed by atoms with E-state index < -0.39 is 5.97 Å². The van der Waals surface area contributed by atoms with E-state index in [1.54, 1.807) is 12.1 Å². The molecule has 0 aliphatic carbocycles. The first-order chi connectivity index (χ1) is 9.49. The summed E-state index contributed by atoms with van der Waals surface area (Å²) in [5.41, 5.74) is 1.11. The monoisotopic (exact) mass is 278 g/mol. The van der Waals surface area contributed by atoms with Crippen molar-refractivity contribution in [3.05, 3.63) is 35.4 Å². The van der Waals surface area contributed by atoms with Gasteiger partial charge in [0.2, 0.25) is 0 Å². The summed E-state index contributed by atoms with van der Waals surface area (Å²) in [6.07, 6.45) is 2.06. The highest BCUT2D eigenvalue weighted by Gasteiger charge is 2.03. The lowest BCUT2D eigenvalue weighted by Gasteiger charge is -2.08. The van der Waals surface area contributed by atoms with Gasteiger partial charge in [0, 0.05) is 13.1 Å². The van der Waals surface area contributed by atoms with Crippen molar-refractivity contribution in [2.75, 3.05) is 6.54 Å². The topological polar surface area (TPSA) is 78.4 Å². The van der Waals surface area contributed by atoms with Crippen LogP contribution in [0.15, 0.2) is 24.3 Å². The first-order valence-corrected chi connectivity index (χ1v) is 6.83. The van der Waals surface area contributed by atoms with E-state index in [0.29, 0.717) is 19.0 Å². The molecule has 1 aromatic carbocycles. The highest BCUT2D eigenvalue weighted by Crippen LogP contribution is 2.04. The quantitative estimate of drug-likeness (QED) is 0.671. The van der Waals surface area contributed by atoms with Crippen LogP contribution in [0.3, 0.4) is 0 Å². The molecule has 2 amide bonds. The number of carboxylic acids is 1. The summed E-state index contributed by atoms with van der Waals surface area (Å²) in [5, 5.41) is 14.3. The number of hydrogen-bond acceptors (Lipinski definition) is 2. The van der Waals surface area contributed by atoms with Crippen LogP contribution in [0.2, 0.25) is 0 Å². The van der Waals surface area contributed by atoms with Crippen LogP contribution in [-0.4, -0.2) is 23.7 Å². The Balaban J connectivity index is 2.25. The van der Waals surface area contributed by atoms with Crippen molar-refractivity contribution in [3.8, 4) is 0 Å². The number of amides is 2. The van der Waals surface area contributed by atoms with Crippen LogP contribution in [-0.2, 0) is 6.54 Å². The van der Waals surface area contributed by atoms with Crippen molar-refractivity contribution in [3.63, 3.8) is 0 Å². The minimum absolute atomic E-state index is 0.198. The molecular weight excluding hydrogens is 256 g/mol. The molecule has 0 heterocycles. The Morgan fingerprint density at radius 1 is 1.15 bits per heavy atom. The number of aromatic carboxylic acids is 1. The minimum atomic E-state index is -0.951. The van der Waals surface area contributed by atoms with Crippen LogP contribution in [0.5, 0.6) is 0 Å². The average molecular weight is 278 g/mol. The third-order valence-electron chi connectivity index (χ3n) is 2.90. The summed E-state index contributed by atoms with van der Waals surface area (Å²) in [4.78, 5) is 22.2. The molecule has 0 fully saturated rings. The van der Waals surface area contributed by atoms with E-state index in [4.69, 9.17) is 5.11 Å². The maximum absolute atomic E-state index is 11.5. The molecule has 0 spiro atoms. The van der Waals surface area contributed by atoms with Gasteiger partial charge in [-0.25, -0.2) is 9.59 Å². The number of benzene rings is 1. The molecule has 3 N–H and O–H groups in total. The Bertz CT molecular complexity index is 441. The predicted molar refractivity (Wildman–Crippen MR) is 77.7 cm³/mol. The fraction of sp³-hybridized carbons (Fsp3) is 0.467. The zero-order valence-corrected chi connectivity index (χ0v) is 12.0. The van der Waals surface area contributed by atoms with E-state index in [9.17, 15) is 9.59 Å². The van der Waals surface area contributed by atoms with Gasteiger partial charge in [0.15, 0.2) is 0 Å². The number of carboxylic acid groups (broad SMARTS) is 1. The van der Waals surface area contributed by atoms with Crippen LogP contribution in [0.1, 0.15) is 42.6 Å². The largest absolute Gasteiger partial charge is 0.478 e. The summed E-state index contributed by atoms with van der Waals surface area (Å²) in [6, 6.07) is 6.25. The summed E-state index contributed by atoms with van der Waals surface area (Å²) in [7, 11) is 0. The summed E-state index contributed by atoms with van der Waals surface area (Å²) in [5.74, 6) is -0.306. The molecule has 0 radical (unpaired) electrons. The molecular formula is C15H22N2O3. The predicted octanol–water partition coefficient (Wildman–Crippen LogP) is 2.62. The van der Waals surface area contributed by atoms with Gasteiger partial charge in [-0.2, -0.15) is 0 Å². The molecule has 5 nitrogen and oxygen atoms in total. The highest BCUT2D eigenvalue weighted by molar-refractivity contribution is 5.87. The number of carbonyl (C=O) groups is 2. The smallest absolute Gasteiger partial charge is 0.335 e. The van der Waals surface area contributed by atoms with Crippen LogP contribution < -0.4 is 10.6 Å². The van der Waals surface area contributed by atoms with Crippen molar-refractivity contribution in [1.29, 1.82) is 0 Å². The third-order valence-corrected chi connectivity index (χ3v) is 2.90. The lowest BCUT2D eigenvalue weighted by molar-refractivity contribution is 0.0697. The van der Waals surface area contributed by atoms with Crippen LogP contribution in [0.4, 0.5) is 4.79 Å². The molecule has 1 rings (SSSR count). The second-order valence-electron chi connectivity index (χ2n) is 5.15. The molecule has 5 heteroatoms. The maximum Gasteiger partial charge on any atom is 0.335 e. The summed E-state index contributed by atoms with van der Waals surface area (Å²) < 4.78 is 0. The zero-order chi connectivity index (χ0) is 15.0. The Morgan fingerprint density at radius 2 is 1.80 bits per heavy atom. The highest BCUT2D eigenvalue weighted by atomic mass is 16.4. The lowest BCUT2D eigenvalue weighted by Crippen LogP contribution is -2.35. The van der Waals surface area contributed by atoms with E-state index in [0.717, 1.165) is 18.4 Å². The standard InChI is InChI=1S/C15H22N2O3/c1-11(2)4-3-9-16-15(20)17-10-12-5-7-13(8-6-12)14(18)19/h5-8,11H,3-4,9-10H2,1-2H3,(H,18,19)(H2,16,17,20). The maximum atomic E-state index is 11.5. The number of nitrogens with one attached hydrogen (secondary N) is 2. The molecule has 0 saturated carbocycles. The Morgan fingerprint density at radius 3 is 2.35 bits per heavy atom. The van der Waals surface area contributed by atoms with Gasteiger partial charge in [0.1, 0.15) is 0 Å². The Kier molecular flexibility index (Phi) is 6.56. The van der Waals surface area contributed by atoms with Gasteiger partial charge in [0.05, 0.1) is 5.56 Å². The first kappa shape index (κ1) is 16.0. The summed E-state index contributed by atoms with van der Waals surface area (Å²) >= 11 is 0. The van der Waals surface area contributed by atoms with Crippen molar-refractivity contribution in [2.24, 2.45) is 5.92 Å². The second kappa shape index (κ2) is 8.19. The van der Waals surface area contributed by atoms with E-state index in [2.05, 4.69) is 24.5 Å². The molecule has 1 aromatic rings. The van der Waals surface area contributed by atoms with Gasteiger partial charge in [-0.05, 0) is 36.5 Å². The van der Waals surface area contributed by atoms with Gasteiger partial charge in [0.25, 0.3) is 0 Å². The van der Waals surface area contributed by atoms with Crippen molar-refractivity contribution in [1.82, 2.24) is 10.6 Å². The van der Waals surface area contributed by atoms with Gasteiger partial charge in [-0.15, -0.1) is 0 Å². The fourth-order valence-electron chi connectivity index (χ4n) is 1.72. The lowest BCUT2D eigenvalue weighted by atomic mass is 10.1. The molecule has 0 bridgehead atoms. The average Bonchev–Trinajstić information content (AvgIpc) is 2.41. The van der Waals surface area contributed by atoms with Crippen LogP contribution in [0.25, 0.3) is 0 Å².